The molecule has 0 aliphatic carbocycles. The highest BCUT2D eigenvalue weighted by Gasteiger charge is 2.07. The largest absolute Gasteiger partial charge is 0.464 e. The quantitative estimate of drug-likeness (QED) is 0.757. The van der Waals surface area contributed by atoms with Gasteiger partial charge in [-0.05, 0) is 12.1 Å². The van der Waals surface area contributed by atoms with E-state index in [-0.39, 0.29) is 5.69 Å². The lowest BCUT2D eigenvalue weighted by atomic mass is 10.4. The fourth-order valence-electron chi connectivity index (χ4n) is 1.21. The van der Waals surface area contributed by atoms with Crippen LogP contribution in [-0.2, 0) is 19.3 Å². The normalized spacial score (nSPS) is 10.9. The molecule has 0 radical (unpaired) electrons. The first-order chi connectivity index (χ1) is 7.70. The van der Waals surface area contributed by atoms with Crippen molar-refractivity contribution in [2.75, 3.05) is 0 Å². The second-order valence-electron chi connectivity index (χ2n) is 3.23. The number of nitrogens with one attached hydrogen (secondary N) is 1. The van der Waals surface area contributed by atoms with Gasteiger partial charge in [-0.15, -0.1) is 5.10 Å². The van der Waals surface area contributed by atoms with Gasteiger partial charge in [0.1, 0.15) is 11.5 Å². The summed E-state index contributed by atoms with van der Waals surface area (Å²) in [6, 6.07) is 3.72. The van der Waals surface area contributed by atoms with Crippen molar-refractivity contribution < 1.29 is 4.42 Å². The standard InChI is InChI=1S/C9H12N4O2S/c1-13-8(14)11-12-9(13)16-5-7-3-2-6(4-10)15-7/h2-3H,4-5,10H2,1H3,(H,11,14). The van der Waals surface area contributed by atoms with Gasteiger partial charge in [0.05, 0.1) is 12.3 Å². The summed E-state index contributed by atoms with van der Waals surface area (Å²) in [6.45, 7) is 0.394. The van der Waals surface area contributed by atoms with E-state index in [9.17, 15) is 4.79 Å². The average molecular weight is 240 g/mol. The summed E-state index contributed by atoms with van der Waals surface area (Å²) in [6.07, 6.45) is 0. The van der Waals surface area contributed by atoms with E-state index < -0.39 is 0 Å². The third-order valence-electron chi connectivity index (χ3n) is 2.10. The fraction of sp³-hybridized carbons (Fsp3) is 0.333. The molecule has 2 aromatic heterocycles. The average Bonchev–Trinajstić information content (AvgIpc) is 2.86. The van der Waals surface area contributed by atoms with Gasteiger partial charge in [0, 0.05) is 7.05 Å². The Morgan fingerprint density at radius 3 is 2.88 bits per heavy atom. The van der Waals surface area contributed by atoms with Crippen LogP contribution >= 0.6 is 11.8 Å². The summed E-state index contributed by atoms with van der Waals surface area (Å²) in [4.78, 5) is 11.1. The van der Waals surface area contributed by atoms with Crippen LogP contribution in [0.25, 0.3) is 0 Å². The highest BCUT2D eigenvalue weighted by atomic mass is 32.2. The molecular formula is C9H12N4O2S. The Balaban J connectivity index is 2.02. The van der Waals surface area contributed by atoms with Crippen LogP contribution < -0.4 is 11.4 Å². The SMILES string of the molecule is Cn1c(SCc2ccc(CN)o2)n[nH]c1=O. The van der Waals surface area contributed by atoms with Crippen LogP contribution in [-0.4, -0.2) is 14.8 Å². The molecule has 0 spiro atoms. The maximum Gasteiger partial charge on any atom is 0.343 e. The third-order valence-corrected chi connectivity index (χ3v) is 3.15. The minimum absolute atomic E-state index is 0.218. The molecule has 16 heavy (non-hydrogen) atoms. The molecule has 6 nitrogen and oxygen atoms in total. The van der Waals surface area contributed by atoms with Crippen LogP contribution in [0.4, 0.5) is 0 Å². The molecule has 7 heteroatoms. The van der Waals surface area contributed by atoms with Crippen molar-refractivity contribution in [2.45, 2.75) is 17.5 Å². The summed E-state index contributed by atoms with van der Waals surface area (Å²) in [5, 5.41) is 6.89. The monoisotopic (exact) mass is 240 g/mol. The van der Waals surface area contributed by atoms with Gasteiger partial charge >= 0.3 is 5.69 Å². The predicted octanol–water partition coefficient (Wildman–Crippen LogP) is 0.452. The van der Waals surface area contributed by atoms with Crippen LogP contribution in [0.15, 0.2) is 26.5 Å². The Labute approximate surface area is 95.8 Å². The second kappa shape index (κ2) is 4.58. The number of thioether (sulfide) groups is 1. The van der Waals surface area contributed by atoms with Gasteiger partial charge in [0.25, 0.3) is 0 Å². The first kappa shape index (κ1) is 11.0. The maximum atomic E-state index is 11.1. The third kappa shape index (κ3) is 2.20. The van der Waals surface area contributed by atoms with Crippen LogP contribution in [0.2, 0.25) is 0 Å². The van der Waals surface area contributed by atoms with Gasteiger partial charge in [0.2, 0.25) is 0 Å². The van der Waals surface area contributed by atoms with Crippen molar-refractivity contribution in [3.63, 3.8) is 0 Å². The molecule has 0 aliphatic rings. The number of furan rings is 1. The highest BCUT2D eigenvalue weighted by Crippen LogP contribution is 2.20. The van der Waals surface area contributed by atoms with E-state index in [1.54, 1.807) is 7.05 Å². The number of hydrogen-bond donors (Lipinski definition) is 2. The molecule has 0 saturated heterocycles. The molecule has 0 amide bonds. The lowest BCUT2D eigenvalue weighted by Crippen LogP contribution is -2.12. The van der Waals surface area contributed by atoms with Gasteiger partial charge in [-0.1, -0.05) is 11.8 Å². The molecule has 0 saturated carbocycles. The van der Waals surface area contributed by atoms with E-state index in [0.717, 1.165) is 11.5 Å². The van der Waals surface area contributed by atoms with E-state index in [4.69, 9.17) is 10.2 Å². The van der Waals surface area contributed by atoms with Crippen molar-refractivity contribution in [3.8, 4) is 0 Å². The molecule has 0 bridgehead atoms. The first-order valence-corrected chi connectivity index (χ1v) is 5.71. The molecule has 2 heterocycles. The predicted molar refractivity (Wildman–Crippen MR) is 60.0 cm³/mol. The van der Waals surface area contributed by atoms with Crippen molar-refractivity contribution in [3.05, 3.63) is 34.1 Å². The van der Waals surface area contributed by atoms with E-state index in [2.05, 4.69) is 10.2 Å². The lowest BCUT2D eigenvalue weighted by Gasteiger charge is -1.97. The van der Waals surface area contributed by atoms with Crippen LogP contribution in [0, 0.1) is 0 Å². The molecule has 0 fully saturated rings. The summed E-state index contributed by atoms with van der Waals surface area (Å²) in [7, 11) is 1.67. The van der Waals surface area contributed by atoms with Gasteiger partial charge < -0.3 is 10.2 Å². The lowest BCUT2D eigenvalue weighted by molar-refractivity contribution is 0.482. The van der Waals surface area contributed by atoms with Gasteiger partial charge in [-0.2, -0.15) is 0 Å². The van der Waals surface area contributed by atoms with Crippen molar-refractivity contribution in [1.29, 1.82) is 0 Å². The summed E-state index contributed by atoms with van der Waals surface area (Å²) in [5.74, 6) is 2.20. The molecule has 0 atom stereocenters. The minimum atomic E-state index is -0.218. The number of nitrogens with zero attached hydrogens (tertiary/aromatic N) is 2. The number of hydrogen-bond acceptors (Lipinski definition) is 5. The number of H-pyrrole nitrogens is 1. The van der Waals surface area contributed by atoms with Gasteiger partial charge in [-0.25, -0.2) is 9.89 Å². The molecule has 3 N–H and O–H groups in total. The van der Waals surface area contributed by atoms with Gasteiger partial charge in [0.15, 0.2) is 5.16 Å². The molecule has 86 valence electrons. The zero-order valence-corrected chi connectivity index (χ0v) is 9.58. The van der Waals surface area contributed by atoms with Crippen LogP contribution in [0.3, 0.4) is 0 Å². The Kier molecular flexibility index (Phi) is 3.16. The summed E-state index contributed by atoms with van der Waals surface area (Å²) < 4.78 is 6.89. The topological polar surface area (TPSA) is 89.8 Å². The zero-order chi connectivity index (χ0) is 11.5. The van der Waals surface area contributed by atoms with Crippen molar-refractivity contribution in [1.82, 2.24) is 14.8 Å². The summed E-state index contributed by atoms with van der Waals surface area (Å²) in [5.41, 5.74) is 5.22. The molecule has 2 aromatic rings. The minimum Gasteiger partial charge on any atom is -0.464 e. The van der Waals surface area contributed by atoms with E-state index in [1.165, 1.54) is 16.3 Å². The molecule has 2 rings (SSSR count). The number of aromatic amines is 1. The highest BCUT2D eigenvalue weighted by molar-refractivity contribution is 7.98. The Hall–Kier alpha value is -1.47. The van der Waals surface area contributed by atoms with E-state index >= 15 is 0 Å². The Morgan fingerprint density at radius 1 is 1.56 bits per heavy atom. The zero-order valence-electron chi connectivity index (χ0n) is 8.77. The second-order valence-corrected chi connectivity index (χ2v) is 4.17. The first-order valence-electron chi connectivity index (χ1n) is 4.72. The smallest absolute Gasteiger partial charge is 0.343 e. The van der Waals surface area contributed by atoms with Crippen molar-refractivity contribution in [2.24, 2.45) is 12.8 Å². The molecule has 0 aromatic carbocycles. The maximum absolute atomic E-state index is 11.1. The fourth-order valence-corrected chi connectivity index (χ4v) is 2.02. The Morgan fingerprint density at radius 2 is 2.31 bits per heavy atom. The van der Waals surface area contributed by atoms with E-state index in [0.29, 0.717) is 17.5 Å². The number of rotatable bonds is 4. The summed E-state index contributed by atoms with van der Waals surface area (Å²) >= 11 is 1.43. The number of aromatic nitrogens is 3. The van der Waals surface area contributed by atoms with Gasteiger partial charge in [-0.3, -0.25) is 4.57 Å². The molecule has 0 aliphatic heterocycles. The number of nitrogens with two attached hydrogens (primary N) is 1. The molecular weight excluding hydrogens is 228 g/mol. The van der Waals surface area contributed by atoms with E-state index in [1.807, 2.05) is 12.1 Å². The Bertz CT molecular complexity index is 528. The molecule has 0 unspecified atom stereocenters. The van der Waals surface area contributed by atoms with Crippen molar-refractivity contribution >= 4 is 11.8 Å². The van der Waals surface area contributed by atoms with Crippen LogP contribution in [0.5, 0.6) is 0 Å². The van der Waals surface area contributed by atoms with Crippen LogP contribution in [0.1, 0.15) is 11.5 Å².